The number of fused-ring (bicyclic) bond motifs is 1. The molecule has 2 aromatic carbocycles. The first kappa shape index (κ1) is 23.0. The van der Waals surface area contributed by atoms with Crippen molar-refractivity contribution in [3.63, 3.8) is 0 Å². The first-order chi connectivity index (χ1) is 16.7. The Hall–Kier alpha value is -3.81. The van der Waals surface area contributed by atoms with Gasteiger partial charge in [-0.3, -0.25) is 4.79 Å². The zero-order valence-electron chi connectivity index (χ0n) is 21.0. The lowest BCUT2D eigenvalue weighted by Gasteiger charge is -2.38. The number of rotatable bonds is 5. The molecule has 0 saturated carbocycles. The molecule has 2 heterocycles. The van der Waals surface area contributed by atoms with Gasteiger partial charge in [0, 0.05) is 48.6 Å². The van der Waals surface area contributed by atoms with Crippen LogP contribution in [0, 0.1) is 5.41 Å². The molecular formula is C27H31N5O3. The summed E-state index contributed by atoms with van der Waals surface area (Å²) in [5.74, 6) is 2.66. The van der Waals surface area contributed by atoms with Crippen LogP contribution in [0.2, 0.25) is 0 Å². The average Bonchev–Trinajstić information content (AvgIpc) is 3.25. The summed E-state index contributed by atoms with van der Waals surface area (Å²) in [6, 6.07) is 13.3. The third kappa shape index (κ3) is 4.03. The fourth-order valence-corrected chi connectivity index (χ4v) is 4.98. The van der Waals surface area contributed by atoms with Crippen molar-refractivity contribution in [3.8, 4) is 22.9 Å². The molecule has 1 aliphatic carbocycles. The Bertz CT molecular complexity index is 1320. The fourth-order valence-electron chi connectivity index (χ4n) is 4.98. The summed E-state index contributed by atoms with van der Waals surface area (Å²) < 4.78 is 13.0. The lowest BCUT2D eigenvalue weighted by Crippen LogP contribution is -2.36. The average molecular weight is 474 g/mol. The number of nitrogens with one attached hydrogen (secondary N) is 1. The molecule has 182 valence electrons. The highest BCUT2D eigenvalue weighted by Gasteiger charge is 2.43. The molecule has 8 nitrogen and oxygen atoms in total. The third-order valence-electron chi connectivity index (χ3n) is 6.71. The fraction of sp³-hybridized carbons (Fsp3) is 0.370. The Kier molecular flexibility index (Phi) is 5.54. The number of methoxy groups -OCH3 is 2. The van der Waals surface area contributed by atoms with E-state index < -0.39 is 6.04 Å². The maximum absolute atomic E-state index is 13.5. The number of carbonyl (C=O) groups is 1. The molecule has 2 aliphatic rings. The first-order valence-electron chi connectivity index (χ1n) is 11.7. The number of allylic oxidation sites excluding steroid dienone is 2. The van der Waals surface area contributed by atoms with E-state index >= 15 is 0 Å². The molecule has 0 bridgehead atoms. The van der Waals surface area contributed by atoms with Gasteiger partial charge < -0.3 is 19.7 Å². The highest BCUT2D eigenvalue weighted by molar-refractivity contribution is 6.00. The summed E-state index contributed by atoms with van der Waals surface area (Å²) in [7, 11) is 7.28. The predicted molar refractivity (Wildman–Crippen MR) is 136 cm³/mol. The Morgan fingerprint density at radius 2 is 1.80 bits per heavy atom. The molecule has 0 spiro atoms. The van der Waals surface area contributed by atoms with E-state index in [1.54, 1.807) is 14.2 Å². The maximum atomic E-state index is 13.5. The van der Waals surface area contributed by atoms with Crippen LogP contribution < -0.4 is 19.7 Å². The molecule has 3 aromatic rings. The summed E-state index contributed by atoms with van der Waals surface area (Å²) in [6.07, 6.45) is 1.22. The van der Waals surface area contributed by atoms with Gasteiger partial charge in [0.15, 0.2) is 11.6 Å². The van der Waals surface area contributed by atoms with Crippen LogP contribution in [-0.4, -0.2) is 48.9 Å². The van der Waals surface area contributed by atoms with Gasteiger partial charge in [0.05, 0.1) is 14.2 Å². The highest BCUT2D eigenvalue weighted by atomic mass is 16.5. The van der Waals surface area contributed by atoms with Gasteiger partial charge in [-0.15, -0.1) is 5.10 Å². The second-order valence-corrected chi connectivity index (χ2v) is 10.1. The third-order valence-corrected chi connectivity index (χ3v) is 6.71. The van der Waals surface area contributed by atoms with Gasteiger partial charge in [0.1, 0.15) is 17.5 Å². The Balaban J connectivity index is 1.68. The molecule has 0 fully saturated rings. The number of hydrogen-bond donors (Lipinski definition) is 1. The minimum Gasteiger partial charge on any atom is -0.497 e. The van der Waals surface area contributed by atoms with Crippen LogP contribution in [0.1, 0.15) is 38.3 Å². The van der Waals surface area contributed by atoms with E-state index in [2.05, 4.69) is 19.2 Å². The van der Waals surface area contributed by atoms with E-state index in [1.165, 1.54) is 0 Å². The molecule has 5 rings (SSSR count). The van der Waals surface area contributed by atoms with Crippen molar-refractivity contribution >= 4 is 17.4 Å². The van der Waals surface area contributed by atoms with Crippen LogP contribution in [0.3, 0.4) is 0 Å². The Morgan fingerprint density at radius 1 is 1.06 bits per heavy atom. The summed E-state index contributed by atoms with van der Waals surface area (Å²) in [5.41, 5.74) is 4.28. The number of ether oxygens (including phenoxy) is 2. The molecule has 1 aromatic heterocycles. The minimum atomic E-state index is -0.475. The van der Waals surface area contributed by atoms with Crippen molar-refractivity contribution < 1.29 is 14.3 Å². The summed E-state index contributed by atoms with van der Waals surface area (Å²) in [4.78, 5) is 20.4. The van der Waals surface area contributed by atoms with E-state index in [9.17, 15) is 4.79 Å². The van der Waals surface area contributed by atoms with Gasteiger partial charge in [-0.2, -0.15) is 4.98 Å². The van der Waals surface area contributed by atoms with Crippen LogP contribution in [-0.2, 0) is 4.79 Å². The van der Waals surface area contributed by atoms with Gasteiger partial charge in [-0.05, 0) is 54.3 Å². The summed E-state index contributed by atoms with van der Waals surface area (Å²) in [6.45, 7) is 4.24. The second-order valence-electron chi connectivity index (χ2n) is 10.1. The smallest absolute Gasteiger partial charge is 0.226 e. The SMILES string of the molecule is COc1ccc(OC)c(C2C3=C(CC(C)(C)CC3=O)Nc3nc(-c4ccc(N(C)C)cc4)nn32)c1. The van der Waals surface area contributed by atoms with Gasteiger partial charge in [-0.1, -0.05) is 13.8 Å². The number of ketones is 1. The normalized spacial score (nSPS) is 18.5. The molecule has 1 aliphatic heterocycles. The van der Waals surface area contributed by atoms with E-state index in [0.29, 0.717) is 35.3 Å². The lowest BCUT2D eigenvalue weighted by atomic mass is 9.73. The quantitative estimate of drug-likeness (QED) is 0.576. The zero-order valence-corrected chi connectivity index (χ0v) is 21.0. The standard InChI is InChI=1S/C27H31N5O3/c1-27(2)14-20-23(21(33)15-27)24(19-13-18(34-5)11-12-22(19)35-6)32-26(28-20)29-25(30-32)16-7-9-17(10-8-16)31(3)4/h7-13,24H,14-15H2,1-6H3,(H,28,29,30). The number of carbonyl (C=O) groups excluding carboxylic acids is 1. The molecule has 0 saturated heterocycles. The minimum absolute atomic E-state index is 0.108. The van der Waals surface area contributed by atoms with Crippen LogP contribution in [0.25, 0.3) is 11.4 Å². The van der Waals surface area contributed by atoms with E-state index in [1.807, 2.05) is 66.1 Å². The Labute approximate surface area is 205 Å². The molecule has 1 unspecified atom stereocenters. The molecule has 8 heteroatoms. The topological polar surface area (TPSA) is 81.5 Å². The largest absolute Gasteiger partial charge is 0.497 e. The zero-order chi connectivity index (χ0) is 24.9. The second kappa shape index (κ2) is 8.45. The van der Waals surface area contributed by atoms with Gasteiger partial charge in [0.2, 0.25) is 5.95 Å². The Morgan fingerprint density at radius 3 is 2.46 bits per heavy atom. The van der Waals surface area contributed by atoms with Crippen molar-refractivity contribution in [2.45, 2.75) is 32.7 Å². The summed E-state index contributed by atoms with van der Waals surface area (Å²) in [5, 5.41) is 8.33. The van der Waals surface area contributed by atoms with Crippen molar-refractivity contribution in [3.05, 3.63) is 59.3 Å². The van der Waals surface area contributed by atoms with Crippen molar-refractivity contribution in [1.82, 2.24) is 14.8 Å². The number of anilines is 2. The molecule has 0 amide bonds. The van der Waals surface area contributed by atoms with Crippen LogP contribution in [0.4, 0.5) is 11.6 Å². The first-order valence-corrected chi connectivity index (χ1v) is 11.7. The van der Waals surface area contributed by atoms with E-state index in [-0.39, 0.29) is 11.2 Å². The molecule has 0 radical (unpaired) electrons. The van der Waals surface area contributed by atoms with Crippen molar-refractivity contribution in [1.29, 1.82) is 0 Å². The van der Waals surface area contributed by atoms with Crippen molar-refractivity contribution in [2.75, 3.05) is 38.5 Å². The van der Waals surface area contributed by atoms with Crippen LogP contribution in [0.5, 0.6) is 11.5 Å². The van der Waals surface area contributed by atoms with Gasteiger partial charge in [0.25, 0.3) is 0 Å². The van der Waals surface area contributed by atoms with Crippen molar-refractivity contribution in [2.24, 2.45) is 5.41 Å². The number of benzene rings is 2. The molecular weight excluding hydrogens is 442 g/mol. The van der Waals surface area contributed by atoms with Gasteiger partial charge >= 0.3 is 0 Å². The number of hydrogen-bond acceptors (Lipinski definition) is 7. The van der Waals surface area contributed by atoms with Gasteiger partial charge in [-0.25, -0.2) is 4.68 Å². The lowest BCUT2D eigenvalue weighted by molar-refractivity contribution is -0.118. The number of aromatic nitrogens is 3. The number of Topliss-reactive ketones (excluding diaryl/α,β-unsaturated/α-hetero) is 1. The van der Waals surface area contributed by atoms with Crippen LogP contribution >= 0.6 is 0 Å². The molecule has 1 N–H and O–H groups in total. The monoisotopic (exact) mass is 473 g/mol. The van der Waals surface area contributed by atoms with E-state index in [4.69, 9.17) is 19.6 Å². The predicted octanol–water partition coefficient (Wildman–Crippen LogP) is 4.69. The maximum Gasteiger partial charge on any atom is 0.226 e. The van der Waals surface area contributed by atoms with Crippen LogP contribution in [0.15, 0.2) is 53.7 Å². The molecule has 35 heavy (non-hydrogen) atoms. The number of nitrogens with zero attached hydrogens (tertiary/aromatic N) is 4. The van der Waals surface area contributed by atoms with E-state index in [0.717, 1.165) is 28.9 Å². The highest BCUT2D eigenvalue weighted by Crippen LogP contribution is 2.47. The summed E-state index contributed by atoms with van der Waals surface area (Å²) >= 11 is 0. The molecule has 1 atom stereocenters.